The van der Waals surface area contributed by atoms with Gasteiger partial charge >= 0.3 is 5.97 Å². The molecule has 0 saturated heterocycles. The molecule has 1 aromatic carbocycles. The number of nitrogens with one attached hydrogen (secondary N) is 1. The predicted molar refractivity (Wildman–Crippen MR) is 82.5 cm³/mol. The van der Waals surface area contributed by atoms with Crippen LogP contribution in [0.3, 0.4) is 0 Å². The lowest BCUT2D eigenvalue weighted by Gasteiger charge is -2.13. The maximum absolute atomic E-state index is 12.1. The van der Waals surface area contributed by atoms with Crippen LogP contribution in [0, 0.1) is 5.92 Å². The number of carbonyl (C=O) groups excluding carboxylic acids is 1. The van der Waals surface area contributed by atoms with Crippen molar-refractivity contribution in [2.24, 2.45) is 5.92 Å². The van der Waals surface area contributed by atoms with Gasteiger partial charge in [0.05, 0.1) is 5.92 Å². The zero-order valence-corrected chi connectivity index (χ0v) is 12.6. The van der Waals surface area contributed by atoms with Gasteiger partial charge in [-0.1, -0.05) is 19.1 Å². The molecule has 2 atom stereocenters. The highest BCUT2D eigenvalue weighted by Crippen LogP contribution is 2.15. The van der Waals surface area contributed by atoms with Crippen LogP contribution in [-0.4, -0.2) is 26.8 Å². The van der Waals surface area contributed by atoms with Crippen LogP contribution in [0.25, 0.3) is 0 Å². The second-order valence-corrected chi connectivity index (χ2v) is 5.29. The van der Waals surface area contributed by atoms with E-state index in [4.69, 9.17) is 5.11 Å². The van der Waals surface area contributed by atoms with Crippen LogP contribution < -0.4 is 5.32 Å². The average Bonchev–Trinajstić information content (AvgIpc) is 3.02. The fourth-order valence-corrected chi connectivity index (χ4v) is 2.04. The van der Waals surface area contributed by atoms with E-state index in [1.165, 1.54) is 0 Å². The van der Waals surface area contributed by atoms with E-state index in [-0.39, 0.29) is 5.91 Å². The molecule has 2 rings (SSSR count). The molecule has 2 aromatic rings. The molecule has 0 aliphatic heterocycles. The smallest absolute Gasteiger partial charge is 0.306 e. The second-order valence-electron chi connectivity index (χ2n) is 5.29. The topological polar surface area (TPSA) is 84.2 Å². The zero-order chi connectivity index (χ0) is 16.1. The minimum Gasteiger partial charge on any atom is -0.481 e. The van der Waals surface area contributed by atoms with Crippen LogP contribution >= 0.6 is 0 Å². The van der Waals surface area contributed by atoms with E-state index in [0.29, 0.717) is 12.1 Å². The van der Waals surface area contributed by atoms with Gasteiger partial charge in [-0.3, -0.25) is 14.3 Å². The van der Waals surface area contributed by atoms with E-state index in [1.807, 2.05) is 12.1 Å². The molecule has 2 N–H and O–H groups in total. The first kappa shape index (κ1) is 15.8. The number of benzene rings is 1. The summed E-state index contributed by atoms with van der Waals surface area (Å²) in [6, 6.07) is 8.57. The maximum atomic E-state index is 12.1. The third-order valence-corrected chi connectivity index (χ3v) is 3.49. The third kappa shape index (κ3) is 3.94. The molecule has 0 spiro atoms. The maximum Gasteiger partial charge on any atom is 0.306 e. The summed E-state index contributed by atoms with van der Waals surface area (Å²) in [6.07, 6.45) is 3.83. The van der Waals surface area contributed by atoms with Crippen LogP contribution in [-0.2, 0) is 16.0 Å². The van der Waals surface area contributed by atoms with E-state index < -0.39 is 17.9 Å². The molecule has 22 heavy (non-hydrogen) atoms. The van der Waals surface area contributed by atoms with Crippen molar-refractivity contribution in [2.75, 3.05) is 5.32 Å². The number of hydrogen-bond acceptors (Lipinski definition) is 3. The molecule has 0 aliphatic rings. The molecule has 116 valence electrons. The summed E-state index contributed by atoms with van der Waals surface area (Å²) in [5, 5.41) is 15.8. The largest absolute Gasteiger partial charge is 0.481 e. The SMILES string of the molecule is C[C@@H](Cc1ccc(NC(=O)[C@H](C)n2cccn2)cc1)C(=O)O. The van der Waals surface area contributed by atoms with E-state index in [9.17, 15) is 9.59 Å². The molecule has 0 saturated carbocycles. The average molecular weight is 301 g/mol. The van der Waals surface area contributed by atoms with Gasteiger partial charge in [-0.25, -0.2) is 0 Å². The van der Waals surface area contributed by atoms with Gasteiger partial charge < -0.3 is 10.4 Å². The van der Waals surface area contributed by atoms with Crippen LogP contribution in [0.4, 0.5) is 5.69 Å². The molecular weight excluding hydrogens is 282 g/mol. The molecule has 1 amide bonds. The highest BCUT2D eigenvalue weighted by atomic mass is 16.4. The Hall–Kier alpha value is -2.63. The van der Waals surface area contributed by atoms with Gasteiger partial charge in [-0.2, -0.15) is 5.10 Å². The molecular formula is C16H19N3O3. The predicted octanol–water partition coefficient (Wildman–Crippen LogP) is 2.35. The zero-order valence-electron chi connectivity index (χ0n) is 12.6. The number of aromatic nitrogens is 2. The first-order valence-corrected chi connectivity index (χ1v) is 7.09. The Morgan fingerprint density at radius 2 is 1.95 bits per heavy atom. The van der Waals surface area contributed by atoms with Gasteiger partial charge in [-0.05, 0) is 37.1 Å². The lowest BCUT2D eigenvalue weighted by atomic mass is 10.0. The highest BCUT2D eigenvalue weighted by Gasteiger charge is 2.15. The molecule has 0 aliphatic carbocycles. The molecule has 0 bridgehead atoms. The summed E-state index contributed by atoms with van der Waals surface area (Å²) in [6.45, 7) is 3.44. The van der Waals surface area contributed by atoms with Crippen LogP contribution in [0.1, 0.15) is 25.5 Å². The van der Waals surface area contributed by atoms with Gasteiger partial charge in [0.25, 0.3) is 0 Å². The van der Waals surface area contributed by atoms with Crippen molar-refractivity contribution < 1.29 is 14.7 Å². The molecule has 6 nitrogen and oxygen atoms in total. The number of amides is 1. The van der Waals surface area contributed by atoms with Crippen LogP contribution in [0.2, 0.25) is 0 Å². The Balaban J connectivity index is 1.96. The first-order valence-electron chi connectivity index (χ1n) is 7.09. The number of carbonyl (C=O) groups is 2. The van der Waals surface area contributed by atoms with Crippen molar-refractivity contribution in [1.29, 1.82) is 0 Å². The second kappa shape index (κ2) is 6.89. The Morgan fingerprint density at radius 1 is 1.27 bits per heavy atom. The van der Waals surface area contributed by atoms with E-state index in [1.54, 1.807) is 49.1 Å². The number of carboxylic acid groups (broad SMARTS) is 1. The summed E-state index contributed by atoms with van der Waals surface area (Å²) in [5.74, 6) is -1.40. The van der Waals surface area contributed by atoms with Crippen molar-refractivity contribution in [1.82, 2.24) is 9.78 Å². The summed E-state index contributed by atoms with van der Waals surface area (Å²) >= 11 is 0. The standard InChI is InChI=1S/C16H19N3O3/c1-11(16(21)22)10-13-4-6-14(7-5-13)18-15(20)12(2)19-9-3-8-17-19/h3-9,11-12H,10H2,1-2H3,(H,18,20)(H,21,22)/t11-,12-/m0/s1. The van der Waals surface area contributed by atoms with Gasteiger partial charge in [0.15, 0.2) is 0 Å². The summed E-state index contributed by atoms with van der Waals surface area (Å²) < 4.78 is 1.58. The van der Waals surface area contributed by atoms with Crippen molar-refractivity contribution in [3.05, 3.63) is 48.3 Å². The Labute approximate surface area is 128 Å². The van der Waals surface area contributed by atoms with Gasteiger partial charge in [0.2, 0.25) is 5.91 Å². The van der Waals surface area contributed by atoms with E-state index >= 15 is 0 Å². The molecule has 1 aromatic heterocycles. The molecule has 6 heteroatoms. The number of carboxylic acids is 1. The highest BCUT2D eigenvalue weighted by molar-refractivity contribution is 5.93. The van der Waals surface area contributed by atoms with E-state index in [0.717, 1.165) is 5.56 Å². The fourth-order valence-electron chi connectivity index (χ4n) is 2.04. The lowest BCUT2D eigenvalue weighted by Crippen LogP contribution is -2.23. The van der Waals surface area contributed by atoms with Gasteiger partial charge in [0, 0.05) is 18.1 Å². The molecule has 0 fully saturated rings. The van der Waals surface area contributed by atoms with Gasteiger partial charge in [-0.15, -0.1) is 0 Å². The Morgan fingerprint density at radius 3 is 2.50 bits per heavy atom. The van der Waals surface area contributed by atoms with Crippen LogP contribution in [0.5, 0.6) is 0 Å². The summed E-state index contributed by atoms with van der Waals surface area (Å²) in [4.78, 5) is 23.0. The van der Waals surface area contributed by atoms with Crippen LogP contribution in [0.15, 0.2) is 42.7 Å². The first-order chi connectivity index (χ1) is 10.5. The minimum absolute atomic E-state index is 0.157. The molecule has 0 unspecified atom stereocenters. The molecule has 0 radical (unpaired) electrons. The minimum atomic E-state index is -0.814. The molecule has 1 heterocycles. The monoisotopic (exact) mass is 301 g/mol. The number of nitrogens with zero attached hydrogens (tertiary/aromatic N) is 2. The number of hydrogen-bond donors (Lipinski definition) is 2. The van der Waals surface area contributed by atoms with Crippen molar-refractivity contribution in [2.45, 2.75) is 26.3 Å². The van der Waals surface area contributed by atoms with Crippen molar-refractivity contribution in [3.63, 3.8) is 0 Å². The van der Waals surface area contributed by atoms with E-state index in [2.05, 4.69) is 10.4 Å². The van der Waals surface area contributed by atoms with Crippen molar-refractivity contribution in [3.8, 4) is 0 Å². The summed E-state index contributed by atoms with van der Waals surface area (Å²) in [7, 11) is 0. The van der Waals surface area contributed by atoms with Gasteiger partial charge in [0.1, 0.15) is 6.04 Å². The fraction of sp³-hybridized carbons (Fsp3) is 0.312. The van der Waals surface area contributed by atoms with Crippen molar-refractivity contribution >= 4 is 17.6 Å². The summed E-state index contributed by atoms with van der Waals surface area (Å²) in [5.41, 5.74) is 1.60. The number of aliphatic carboxylic acids is 1. The lowest BCUT2D eigenvalue weighted by molar-refractivity contribution is -0.141. The third-order valence-electron chi connectivity index (χ3n) is 3.49. The number of rotatable bonds is 6. The quantitative estimate of drug-likeness (QED) is 0.857. The Kier molecular flexibility index (Phi) is 4.93. The Bertz CT molecular complexity index is 635. The normalized spacial score (nSPS) is 13.4. The number of anilines is 1.